The Morgan fingerprint density at radius 2 is 2.00 bits per heavy atom. The maximum atomic E-state index is 13.5. The van der Waals surface area contributed by atoms with Crippen LogP contribution in [0.5, 0.6) is 11.5 Å². The van der Waals surface area contributed by atoms with E-state index in [1.165, 1.54) is 19.2 Å². The molecule has 0 bridgehead atoms. The minimum absolute atomic E-state index is 0.250. The molecule has 0 unspecified atom stereocenters. The zero-order valence-corrected chi connectivity index (χ0v) is 20.2. The van der Waals surface area contributed by atoms with Gasteiger partial charge in [-0.1, -0.05) is 29.3 Å². The highest BCUT2D eigenvalue weighted by atomic mass is 79.9. The van der Waals surface area contributed by atoms with Crippen molar-refractivity contribution >= 4 is 61.8 Å². The number of halogens is 4. The van der Waals surface area contributed by atoms with Crippen molar-refractivity contribution < 1.29 is 13.9 Å². The summed E-state index contributed by atoms with van der Waals surface area (Å²) in [7, 11) is 1.53. The average Bonchev–Trinajstić information content (AvgIpc) is 3.21. The molecule has 3 aromatic carbocycles. The summed E-state index contributed by atoms with van der Waals surface area (Å²) in [6, 6.07) is 15.2. The summed E-state index contributed by atoms with van der Waals surface area (Å²) >= 11 is 15.5. The van der Waals surface area contributed by atoms with Crippen LogP contribution >= 0.6 is 39.1 Å². The Kier molecular flexibility index (Phi) is 6.89. The van der Waals surface area contributed by atoms with Crippen LogP contribution in [0.1, 0.15) is 17.0 Å². The molecule has 5 nitrogen and oxygen atoms in total. The number of H-pyrrole nitrogens is 1. The summed E-state index contributed by atoms with van der Waals surface area (Å²) in [4.78, 5) is 7.36. The average molecular weight is 547 g/mol. The summed E-state index contributed by atoms with van der Waals surface area (Å²) in [5, 5.41) is 10.6. The molecule has 0 aliphatic carbocycles. The molecule has 0 saturated carbocycles. The van der Waals surface area contributed by atoms with Crippen molar-refractivity contribution in [2.24, 2.45) is 0 Å². The van der Waals surface area contributed by atoms with Crippen LogP contribution in [0, 0.1) is 17.1 Å². The molecule has 1 aromatic heterocycles. The number of benzene rings is 3. The van der Waals surface area contributed by atoms with Gasteiger partial charge in [-0.05, 0) is 75.6 Å². The Hall–Kier alpha value is -3.05. The molecule has 0 atom stereocenters. The maximum absolute atomic E-state index is 13.5. The van der Waals surface area contributed by atoms with Gasteiger partial charge in [0.1, 0.15) is 24.3 Å². The van der Waals surface area contributed by atoms with Crippen molar-refractivity contribution in [2.45, 2.75) is 6.61 Å². The standard InChI is InChI=1S/C24H15BrCl2FN3O2/c1-32-22-9-14(6-15(11-29)24-30-20-5-3-16(28)10-21(20)31-24)7-17(25)23(22)33-12-13-2-4-18(26)19(27)8-13/h2-10H,12H2,1H3,(H,30,31)/b15-6-. The van der Waals surface area contributed by atoms with Crippen molar-refractivity contribution in [3.8, 4) is 17.6 Å². The van der Waals surface area contributed by atoms with Crippen LogP contribution in [0.4, 0.5) is 4.39 Å². The molecule has 0 aliphatic heterocycles. The summed E-state index contributed by atoms with van der Waals surface area (Å²) in [5.74, 6) is 0.927. The molecule has 0 spiro atoms. The third-order valence-corrected chi connectivity index (χ3v) is 6.08. The summed E-state index contributed by atoms with van der Waals surface area (Å²) < 4.78 is 25.6. The zero-order chi connectivity index (χ0) is 23.5. The van der Waals surface area contributed by atoms with Gasteiger partial charge in [0.2, 0.25) is 0 Å². The number of nitrogens with zero attached hydrogens (tertiary/aromatic N) is 2. The molecule has 0 fully saturated rings. The van der Waals surface area contributed by atoms with Crippen LogP contribution in [0.25, 0.3) is 22.7 Å². The van der Waals surface area contributed by atoms with Crippen molar-refractivity contribution in [3.63, 3.8) is 0 Å². The second-order valence-corrected chi connectivity index (χ2v) is 8.66. The predicted molar refractivity (Wildman–Crippen MR) is 131 cm³/mol. The molecular weight excluding hydrogens is 532 g/mol. The fourth-order valence-corrected chi connectivity index (χ4v) is 4.07. The molecule has 1 N–H and O–H groups in total. The van der Waals surface area contributed by atoms with E-state index in [9.17, 15) is 9.65 Å². The van der Waals surface area contributed by atoms with Crippen LogP contribution in [0.15, 0.2) is 53.0 Å². The number of allylic oxidation sites excluding steroid dienone is 1. The number of ether oxygens (including phenoxy) is 2. The van der Waals surface area contributed by atoms with Gasteiger partial charge in [-0.15, -0.1) is 0 Å². The molecule has 1 heterocycles. The molecular formula is C24H15BrCl2FN3O2. The number of rotatable bonds is 6. The van der Waals surface area contributed by atoms with E-state index >= 15 is 0 Å². The largest absolute Gasteiger partial charge is 0.493 e. The number of nitrogens with one attached hydrogen (secondary N) is 1. The van der Waals surface area contributed by atoms with Gasteiger partial charge >= 0.3 is 0 Å². The first-order valence-electron chi connectivity index (χ1n) is 9.59. The number of hydrogen-bond acceptors (Lipinski definition) is 4. The van der Waals surface area contributed by atoms with Crippen LogP contribution < -0.4 is 9.47 Å². The highest BCUT2D eigenvalue weighted by molar-refractivity contribution is 9.10. The number of nitriles is 1. The third kappa shape index (κ3) is 5.14. The van der Waals surface area contributed by atoms with Crippen molar-refractivity contribution in [1.29, 1.82) is 5.26 Å². The number of methoxy groups -OCH3 is 1. The molecule has 0 saturated heterocycles. The number of aromatic amines is 1. The quantitative estimate of drug-likeness (QED) is 0.255. The number of aromatic nitrogens is 2. The minimum atomic E-state index is -0.384. The van der Waals surface area contributed by atoms with Gasteiger partial charge in [0, 0.05) is 0 Å². The monoisotopic (exact) mass is 545 g/mol. The van der Waals surface area contributed by atoms with E-state index in [1.54, 1.807) is 36.4 Å². The summed E-state index contributed by atoms with van der Waals surface area (Å²) in [6.45, 7) is 0.250. The first-order chi connectivity index (χ1) is 15.9. The second kappa shape index (κ2) is 9.84. The topological polar surface area (TPSA) is 70.9 Å². The highest BCUT2D eigenvalue weighted by Gasteiger charge is 2.14. The van der Waals surface area contributed by atoms with Crippen molar-refractivity contribution in [2.75, 3.05) is 7.11 Å². The molecule has 33 heavy (non-hydrogen) atoms. The molecule has 9 heteroatoms. The highest BCUT2D eigenvalue weighted by Crippen LogP contribution is 2.38. The minimum Gasteiger partial charge on any atom is -0.493 e. The molecule has 0 amide bonds. The van der Waals surface area contributed by atoms with Gasteiger partial charge in [0.25, 0.3) is 0 Å². The SMILES string of the molecule is COc1cc(/C=C(/C#N)c2nc3ccc(F)cc3[nH]2)cc(Br)c1OCc1ccc(Cl)c(Cl)c1. The van der Waals surface area contributed by atoms with Gasteiger partial charge in [0.15, 0.2) is 11.5 Å². The van der Waals surface area contributed by atoms with E-state index in [0.29, 0.717) is 48.4 Å². The lowest BCUT2D eigenvalue weighted by Gasteiger charge is -2.14. The number of hydrogen-bond donors (Lipinski definition) is 1. The van der Waals surface area contributed by atoms with Crippen LogP contribution in [-0.4, -0.2) is 17.1 Å². The predicted octanol–water partition coefficient (Wildman–Crippen LogP) is 7.42. The van der Waals surface area contributed by atoms with Crippen molar-refractivity contribution in [1.82, 2.24) is 9.97 Å². The lowest BCUT2D eigenvalue weighted by Crippen LogP contribution is -1.99. The molecule has 0 radical (unpaired) electrons. The number of imidazole rings is 1. The van der Waals surface area contributed by atoms with Gasteiger partial charge in [-0.25, -0.2) is 9.37 Å². The van der Waals surface area contributed by atoms with E-state index in [0.717, 1.165) is 5.56 Å². The Labute approximate surface area is 207 Å². The van der Waals surface area contributed by atoms with Crippen LogP contribution in [0.3, 0.4) is 0 Å². The lowest BCUT2D eigenvalue weighted by molar-refractivity contribution is 0.282. The normalized spacial score (nSPS) is 11.5. The first kappa shape index (κ1) is 23.1. The zero-order valence-electron chi connectivity index (χ0n) is 17.1. The molecule has 0 aliphatic rings. The van der Waals surface area contributed by atoms with Gasteiger partial charge in [0.05, 0.1) is 38.2 Å². The Morgan fingerprint density at radius 1 is 1.18 bits per heavy atom. The number of fused-ring (bicyclic) bond motifs is 1. The molecule has 4 aromatic rings. The fraction of sp³-hybridized carbons (Fsp3) is 0.0833. The summed E-state index contributed by atoms with van der Waals surface area (Å²) in [5.41, 5.74) is 2.89. The van der Waals surface area contributed by atoms with Gasteiger partial charge in [-0.2, -0.15) is 5.26 Å². The third-order valence-electron chi connectivity index (χ3n) is 4.75. The Morgan fingerprint density at radius 3 is 2.73 bits per heavy atom. The van der Waals surface area contributed by atoms with Crippen molar-refractivity contribution in [3.05, 3.63) is 85.8 Å². The summed E-state index contributed by atoms with van der Waals surface area (Å²) in [6.07, 6.45) is 1.66. The van der Waals surface area contributed by atoms with E-state index in [2.05, 4.69) is 32.0 Å². The maximum Gasteiger partial charge on any atom is 0.175 e. The van der Waals surface area contributed by atoms with E-state index in [1.807, 2.05) is 6.07 Å². The van der Waals surface area contributed by atoms with E-state index in [-0.39, 0.29) is 18.0 Å². The van der Waals surface area contributed by atoms with Gasteiger partial charge < -0.3 is 14.5 Å². The Bertz CT molecular complexity index is 1430. The lowest BCUT2D eigenvalue weighted by atomic mass is 10.1. The van der Waals surface area contributed by atoms with Gasteiger partial charge in [-0.3, -0.25) is 0 Å². The van der Waals surface area contributed by atoms with E-state index < -0.39 is 0 Å². The fourth-order valence-electron chi connectivity index (χ4n) is 3.18. The Balaban J connectivity index is 1.63. The first-order valence-corrected chi connectivity index (χ1v) is 11.1. The molecule has 166 valence electrons. The van der Waals surface area contributed by atoms with Crippen LogP contribution in [-0.2, 0) is 6.61 Å². The second-order valence-electron chi connectivity index (χ2n) is 6.99. The molecule has 4 rings (SSSR count). The van der Waals surface area contributed by atoms with Crippen LogP contribution in [0.2, 0.25) is 10.0 Å². The van der Waals surface area contributed by atoms with E-state index in [4.69, 9.17) is 32.7 Å². The smallest absolute Gasteiger partial charge is 0.175 e.